The lowest BCUT2D eigenvalue weighted by Crippen LogP contribution is -2.41. The second-order valence-electron chi connectivity index (χ2n) is 8.98. The van der Waals surface area contributed by atoms with E-state index in [0.29, 0.717) is 35.9 Å². The van der Waals surface area contributed by atoms with Gasteiger partial charge in [0.2, 0.25) is 11.8 Å². The van der Waals surface area contributed by atoms with E-state index in [1.54, 1.807) is 13.0 Å². The van der Waals surface area contributed by atoms with Gasteiger partial charge in [-0.15, -0.1) is 0 Å². The van der Waals surface area contributed by atoms with Crippen LogP contribution in [0, 0.1) is 6.92 Å². The predicted molar refractivity (Wildman–Crippen MR) is 119 cm³/mol. The highest BCUT2D eigenvalue weighted by atomic mass is 19.4. The Labute approximate surface area is 204 Å². The third-order valence-corrected chi connectivity index (χ3v) is 6.12. The molecule has 1 aliphatic heterocycles. The number of aryl methyl sites for hydroxylation is 1. The standard InChI is InChI=1S/C24H27F5N4O3/c1-14-31-18(12-19(34)33-17-5-7-23(25,26)8-6-17)20(22-35-9-10-36-22)21(32-14)30-13-15-3-2-4-16(11-15)24(27,28)29/h2-4,11,17,22H,5-10,12-13H2,1H3,(H,33,34)(H,30,31,32). The first-order valence-corrected chi connectivity index (χ1v) is 11.7. The predicted octanol–water partition coefficient (Wildman–Crippen LogP) is 4.70. The summed E-state index contributed by atoms with van der Waals surface area (Å²) in [7, 11) is 0. The first kappa shape index (κ1) is 26.2. The van der Waals surface area contributed by atoms with Gasteiger partial charge in [-0.2, -0.15) is 13.2 Å². The summed E-state index contributed by atoms with van der Waals surface area (Å²) in [5.41, 5.74) is 0.338. The molecule has 36 heavy (non-hydrogen) atoms. The van der Waals surface area contributed by atoms with Crippen LogP contribution in [0.1, 0.15) is 60.2 Å². The van der Waals surface area contributed by atoms with Crippen LogP contribution in [0.2, 0.25) is 0 Å². The number of amides is 1. The minimum atomic E-state index is -4.47. The Hall–Kier alpha value is -2.86. The summed E-state index contributed by atoms with van der Waals surface area (Å²) in [6.07, 6.45) is -5.65. The molecule has 0 spiro atoms. The minimum absolute atomic E-state index is 0.0298. The molecular formula is C24H27F5N4O3. The van der Waals surface area contributed by atoms with Gasteiger partial charge in [-0.25, -0.2) is 18.7 Å². The number of carbonyl (C=O) groups is 1. The van der Waals surface area contributed by atoms with Crippen molar-refractivity contribution in [3.05, 3.63) is 52.5 Å². The van der Waals surface area contributed by atoms with Crippen LogP contribution in [-0.4, -0.2) is 41.1 Å². The van der Waals surface area contributed by atoms with E-state index < -0.39 is 24.0 Å². The van der Waals surface area contributed by atoms with Gasteiger partial charge < -0.3 is 20.1 Å². The first-order valence-electron chi connectivity index (χ1n) is 11.7. The Bertz CT molecular complexity index is 1080. The Morgan fingerprint density at radius 2 is 1.83 bits per heavy atom. The second-order valence-corrected chi connectivity index (χ2v) is 8.98. The van der Waals surface area contributed by atoms with Crippen molar-refractivity contribution in [2.45, 2.75) is 70.0 Å². The second kappa shape index (κ2) is 10.6. The Morgan fingerprint density at radius 3 is 2.50 bits per heavy atom. The molecule has 1 saturated heterocycles. The van der Waals surface area contributed by atoms with E-state index in [-0.39, 0.29) is 56.4 Å². The van der Waals surface area contributed by atoms with Gasteiger partial charge in [-0.3, -0.25) is 4.79 Å². The van der Waals surface area contributed by atoms with E-state index in [4.69, 9.17) is 9.47 Å². The molecule has 1 saturated carbocycles. The Balaban J connectivity index is 1.53. The van der Waals surface area contributed by atoms with Crippen LogP contribution in [0.25, 0.3) is 0 Å². The van der Waals surface area contributed by atoms with Crippen LogP contribution in [-0.2, 0) is 33.4 Å². The quantitative estimate of drug-likeness (QED) is 0.522. The van der Waals surface area contributed by atoms with E-state index in [1.807, 2.05) is 0 Å². The third kappa shape index (κ3) is 6.67. The average Bonchev–Trinajstić information content (AvgIpc) is 3.33. The maximum absolute atomic E-state index is 13.4. The molecule has 2 fully saturated rings. The van der Waals surface area contributed by atoms with Crippen molar-refractivity contribution in [1.82, 2.24) is 15.3 Å². The number of hydrogen-bond donors (Lipinski definition) is 2. The molecule has 0 atom stereocenters. The Kier molecular flexibility index (Phi) is 7.74. The molecule has 196 valence electrons. The number of nitrogens with zero attached hydrogens (tertiary/aromatic N) is 2. The van der Waals surface area contributed by atoms with Gasteiger partial charge in [-0.05, 0) is 37.5 Å². The van der Waals surface area contributed by atoms with E-state index >= 15 is 0 Å². The number of rotatable bonds is 7. The summed E-state index contributed by atoms with van der Waals surface area (Å²) < 4.78 is 77.4. The maximum atomic E-state index is 13.4. The summed E-state index contributed by atoms with van der Waals surface area (Å²) in [6, 6.07) is 4.58. The number of halogens is 5. The smallest absolute Gasteiger partial charge is 0.365 e. The van der Waals surface area contributed by atoms with Crippen LogP contribution in [0.3, 0.4) is 0 Å². The van der Waals surface area contributed by atoms with Gasteiger partial charge in [0.05, 0.1) is 36.5 Å². The highest BCUT2D eigenvalue weighted by molar-refractivity contribution is 5.79. The topological polar surface area (TPSA) is 85.4 Å². The zero-order valence-electron chi connectivity index (χ0n) is 19.6. The third-order valence-electron chi connectivity index (χ3n) is 6.12. The number of nitrogens with one attached hydrogen (secondary N) is 2. The van der Waals surface area contributed by atoms with Crippen LogP contribution in [0.15, 0.2) is 24.3 Å². The molecule has 1 aromatic heterocycles. The summed E-state index contributed by atoms with van der Waals surface area (Å²) in [6.45, 7) is 2.28. The van der Waals surface area contributed by atoms with Crippen molar-refractivity contribution in [3.8, 4) is 0 Å². The van der Waals surface area contributed by atoms with Crippen molar-refractivity contribution in [2.75, 3.05) is 18.5 Å². The van der Waals surface area contributed by atoms with E-state index in [9.17, 15) is 26.7 Å². The molecule has 2 aromatic rings. The fourth-order valence-electron chi connectivity index (χ4n) is 4.34. The van der Waals surface area contributed by atoms with Crippen molar-refractivity contribution >= 4 is 11.7 Å². The first-order chi connectivity index (χ1) is 17.0. The molecule has 1 aromatic carbocycles. The number of ether oxygens (including phenoxy) is 2. The number of anilines is 1. The largest absolute Gasteiger partial charge is 0.416 e. The van der Waals surface area contributed by atoms with Gasteiger partial charge in [0.25, 0.3) is 0 Å². The van der Waals surface area contributed by atoms with Crippen molar-refractivity contribution in [3.63, 3.8) is 0 Å². The highest BCUT2D eigenvalue weighted by Gasteiger charge is 2.36. The van der Waals surface area contributed by atoms with Crippen molar-refractivity contribution in [1.29, 1.82) is 0 Å². The van der Waals surface area contributed by atoms with E-state index in [2.05, 4.69) is 20.6 Å². The number of alkyl halides is 5. The SMILES string of the molecule is Cc1nc(CC(=O)NC2CCC(F)(F)CC2)c(C2OCCO2)c(NCc2cccc(C(F)(F)F)c2)n1. The summed E-state index contributed by atoms with van der Waals surface area (Å²) in [5, 5.41) is 5.84. The summed E-state index contributed by atoms with van der Waals surface area (Å²) in [4.78, 5) is 21.6. The van der Waals surface area contributed by atoms with Gasteiger partial charge >= 0.3 is 6.18 Å². The molecule has 7 nitrogen and oxygen atoms in total. The van der Waals surface area contributed by atoms with Gasteiger partial charge in [0.15, 0.2) is 6.29 Å². The molecule has 2 heterocycles. The lowest BCUT2D eigenvalue weighted by Gasteiger charge is -2.29. The normalized spacial score (nSPS) is 18.8. The number of aromatic nitrogens is 2. The van der Waals surface area contributed by atoms with Crippen molar-refractivity contribution < 1.29 is 36.2 Å². The van der Waals surface area contributed by atoms with Crippen molar-refractivity contribution in [2.24, 2.45) is 0 Å². The zero-order chi connectivity index (χ0) is 25.9. The molecule has 1 amide bonds. The monoisotopic (exact) mass is 514 g/mol. The number of benzene rings is 1. The average molecular weight is 514 g/mol. The van der Waals surface area contributed by atoms with E-state index in [1.165, 1.54) is 6.07 Å². The molecule has 0 radical (unpaired) electrons. The van der Waals surface area contributed by atoms with Gasteiger partial charge in [0, 0.05) is 25.4 Å². The molecule has 1 aliphatic carbocycles. The molecule has 0 bridgehead atoms. The molecular weight excluding hydrogens is 487 g/mol. The summed E-state index contributed by atoms with van der Waals surface area (Å²) in [5.74, 6) is -2.46. The minimum Gasteiger partial charge on any atom is -0.365 e. The van der Waals surface area contributed by atoms with Crippen LogP contribution >= 0.6 is 0 Å². The van der Waals surface area contributed by atoms with Gasteiger partial charge in [-0.1, -0.05) is 12.1 Å². The number of carbonyl (C=O) groups excluding carboxylic acids is 1. The van der Waals surface area contributed by atoms with E-state index in [0.717, 1.165) is 12.1 Å². The summed E-state index contributed by atoms with van der Waals surface area (Å²) >= 11 is 0. The molecule has 2 N–H and O–H groups in total. The fraction of sp³-hybridized carbons (Fsp3) is 0.542. The lowest BCUT2D eigenvalue weighted by molar-refractivity contribution is -0.137. The van der Waals surface area contributed by atoms with Crippen LogP contribution in [0.4, 0.5) is 27.8 Å². The Morgan fingerprint density at radius 1 is 1.14 bits per heavy atom. The highest BCUT2D eigenvalue weighted by Crippen LogP contribution is 2.34. The molecule has 4 rings (SSSR count). The zero-order valence-corrected chi connectivity index (χ0v) is 19.6. The molecule has 0 unspecified atom stereocenters. The lowest BCUT2D eigenvalue weighted by atomic mass is 9.92. The number of hydrogen-bond acceptors (Lipinski definition) is 6. The van der Waals surface area contributed by atoms with Crippen LogP contribution < -0.4 is 10.6 Å². The van der Waals surface area contributed by atoms with Crippen LogP contribution in [0.5, 0.6) is 0 Å². The van der Waals surface area contributed by atoms with Gasteiger partial charge in [0.1, 0.15) is 11.6 Å². The molecule has 12 heteroatoms. The fourth-order valence-corrected chi connectivity index (χ4v) is 4.34. The molecule has 2 aliphatic rings. The maximum Gasteiger partial charge on any atom is 0.416 e.